The summed E-state index contributed by atoms with van der Waals surface area (Å²) in [7, 11) is -3.30. The van der Waals surface area contributed by atoms with Crippen molar-refractivity contribution in [3.05, 3.63) is 67.1 Å². The Balaban J connectivity index is 0.000000866. The molecular formula is C16H19O2SY-. The molecule has 1 heterocycles. The molecule has 0 saturated heterocycles. The maximum absolute atomic E-state index is 12.3. The van der Waals surface area contributed by atoms with Crippen molar-refractivity contribution >= 4 is 9.84 Å². The van der Waals surface area contributed by atoms with Crippen molar-refractivity contribution in [3.63, 3.8) is 0 Å². The topological polar surface area (TPSA) is 34.1 Å². The maximum Gasteiger partial charge on any atom is 0.207 e. The van der Waals surface area contributed by atoms with Crippen molar-refractivity contribution in [2.75, 3.05) is 0 Å². The van der Waals surface area contributed by atoms with Gasteiger partial charge in [-0.25, -0.2) is 8.42 Å². The van der Waals surface area contributed by atoms with Gasteiger partial charge in [-0.2, -0.15) is 0 Å². The molecule has 1 aliphatic heterocycles. The van der Waals surface area contributed by atoms with Gasteiger partial charge in [-0.1, -0.05) is 50.2 Å². The summed E-state index contributed by atoms with van der Waals surface area (Å²) >= 11 is 0. The SMILES string of the molecule is CC.O=S1(=O)c2ccccc2Cc2ccccc21.[CH3-].[Y]. The zero-order chi connectivity index (χ0) is 13.2. The quantitative estimate of drug-likeness (QED) is 0.567. The average molecular weight is 364 g/mol. The van der Waals surface area contributed by atoms with Crippen LogP contribution in [0.15, 0.2) is 58.3 Å². The van der Waals surface area contributed by atoms with Crippen LogP contribution in [-0.2, 0) is 49.0 Å². The van der Waals surface area contributed by atoms with Gasteiger partial charge in [0.25, 0.3) is 0 Å². The zero-order valence-corrected chi connectivity index (χ0v) is 15.8. The largest absolute Gasteiger partial charge is 0.358 e. The Hall–Kier alpha value is -0.506. The van der Waals surface area contributed by atoms with Crippen LogP contribution in [0, 0.1) is 7.43 Å². The van der Waals surface area contributed by atoms with Crippen molar-refractivity contribution < 1.29 is 41.1 Å². The molecule has 2 nitrogen and oxygen atoms in total. The van der Waals surface area contributed by atoms with Gasteiger partial charge in [0.05, 0.1) is 9.79 Å². The second-order valence-electron chi connectivity index (χ2n) is 3.90. The van der Waals surface area contributed by atoms with Gasteiger partial charge in [0.15, 0.2) is 0 Å². The summed E-state index contributed by atoms with van der Waals surface area (Å²) in [6.07, 6.45) is 0.700. The predicted molar refractivity (Wildman–Crippen MR) is 78.9 cm³/mol. The third-order valence-electron chi connectivity index (χ3n) is 2.91. The Morgan fingerprint density at radius 3 is 1.55 bits per heavy atom. The van der Waals surface area contributed by atoms with Crippen molar-refractivity contribution in [1.82, 2.24) is 0 Å². The second kappa shape index (κ2) is 8.06. The van der Waals surface area contributed by atoms with Crippen LogP contribution in [0.4, 0.5) is 0 Å². The molecular weight excluding hydrogens is 345 g/mol. The number of rotatable bonds is 0. The summed E-state index contributed by atoms with van der Waals surface area (Å²) in [5.41, 5.74) is 1.78. The molecule has 0 spiro atoms. The van der Waals surface area contributed by atoms with Crippen LogP contribution in [-0.4, -0.2) is 8.42 Å². The van der Waals surface area contributed by atoms with Gasteiger partial charge in [0.1, 0.15) is 0 Å². The molecule has 3 rings (SSSR count). The van der Waals surface area contributed by atoms with Gasteiger partial charge >= 0.3 is 0 Å². The first-order valence-corrected chi connectivity index (χ1v) is 7.59. The molecule has 105 valence electrons. The van der Waals surface area contributed by atoms with Crippen molar-refractivity contribution in [3.8, 4) is 0 Å². The second-order valence-corrected chi connectivity index (χ2v) is 5.78. The van der Waals surface area contributed by atoms with Crippen LogP contribution < -0.4 is 0 Å². The smallest absolute Gasteiger partial charge is 0.207 e. The molecule has 0 N–H and O–H groups in total. The molecule has 0 bridgehead atoms. The number of hydrogen-bond donors (Lipinski definition) is 0. The summed E-state index contributed by atoms with van der Waals surface area (Å²) in [6.45, 7) is 4.00. The van der Waals surface area contributed by atoms with E-state index in [-0.39, 0.29) is 40.1 Å². The first-order chi connectivity index (χ1) is 8.69. The van der Waals surface area contributed by atoms with Crippen LogP contribution >= 0.6 is 0 Å². The van der Waals surface area contributed by atoms with Gasteiger partial charge in [0.2, 0.25) is 9.84 Å². The van der Waals surface area contributed by atoms with Crippen molar-refractivity contribution in [2.24, 2.45) is 0 Å². The Labute approximate surface area is 147 Å². The zero-order valence-electron chi connectivity index (χ0n) is 12.1. The van der Waals surface area contributed by atoms with E-state index in [2.05, 4.69) is 0 Å². The minimum Gasteiger partial charge on any atom is -0.358 e. The van der Waals surface area contributed by atoms with Gasteiger partial charge in [-0.05, 0) is 23.3 Å². The number of sulfone groups is 1. The molecule has 0 aliphatic carbocycles. The first kappa shape index (κ1) is 19.5. The van der Waals surface area contributed by atoms with E-state index in [1.807, 2.05) is 38.1 Å². The van der Waals surface area contributed by atoms with Gasteiger partial charge in [0, 0.05) is 39.1 Å². The van der Waals surface area contributed by atoms with Crippen molar-refractivity contribution in [1.29, 1.82) is 0 Å². The Morgan fingerprint density at radius 2 is 1.15 bits per heavy atom. The van der Waals surface area contributed by atoms with E-state index in [0.29, 0.717) is 16.2 Å². The average Bonchev–Trinajstić information content (AvgIpc) is 2.41. The van der Waals surface area contributed by atoms with Crippen LogP contribution in [0.1, 0.15) is 25.0 Å². The maximum atomic E-state index is 12.3. The summed E-state index contributed by atoms with van der Waals surface area (Å²) in [5, 5.41) is 0. The molecule has 1 radical (unpaired) electrons. The number of benzene rings is 2. The fourth-order valence-corrected chi connectivity index (χ4v) is 3.87. The van der Waals surface area contributed by atoms with Crippen LogP contribution in [0.3, 0.4) is 0 Å². The fourth-order valence-electron chi connectivity index (χ4n) is 2.15. The fraction of sp³-hybridized carbons (Fsp3) is 0.188. The van der Waals surface area contributed by atoms with Crippen LogP contribution in [0.2, 0.25) is 0 Å². The van der Waals surface area contributed by atoms with E-state index in [1.54, 1.807) is 24.3 Å². The van der Waals surface area contributed by atoms with Crippen LogP contribution in [0.5, 0.6) is 0 Å². The van der Waals surface area contributed by atoms with Gasteiger partial charge in [-0.3, -0.25) is 0 Å². The standard InChI is InChI=1S/C13H10O2S.C2H6.CH3.Y/c14-16(15)12-7-3-1-5-10(12)9-11-6-2-4-8-13(11)16;1-2;;/h1-8H,9H2;1-2H3;1H3;/q;;-1;. The molecule has 1 aliphatic rings. The van der Waals surface area contributed by atoms with E-state index < -0.39 is 9.84 Å². The summed E-state index contributed by atoms with van der Waals surface area (Å²) < 4.78 is 24.6. The molecule has 0 atom stereocenters. The van der Waals surface area contributed by atoms with Gasteiger partial charge < -0.3 is 7.43 Å². The molecule has 0 fully saturated rings. The summed E-state index contributed by atoms with van der Waals surface area (Å²) in [4.78, 5) is 0.905. The molecule has 0 aromatic heterocycles. The molecule has 0 unspecified atom stereocenters. The number of fused-ring (bicyclic) bond motifs is 2. The summed E-state index contributed by atoms with van der Waals surface area (Å²) in [6, 6.07) is 14.4. The molecule has 2 aromatic carbocycles. The van der Waals surface area contributed by atoms with E-state index in [4.69, 9.17) is 0 Å². The minimum absolute atomic E-state index is 0. The Morgan fingerprint density at radius 1 is 0.800 bits per heavy atom. The molecule has 4 heteroatoms. The first-order valence-electron chi connectivity index (χ1n) is 6.10. The van der Waals surface area contributed by atoms with Crippen molar-refractivity contribution in [2.45, 2.75) is 30.1 Å². The number of hydrogen-bond acceptors (Lipinski definition) is 2. The monoisotopic (exact) mass is 364 g/mol. The Kier molecular flexibility index (Phi) is 7.86. The molecule has 0 amide bonds. The minimum atomic E-state index is -3.30. The van der Waals surface area contributed by atoms with Crippen LogP contribution in [0.25, 0.3) is 0 Å². The van der Waals surface area contributed by atoms with E-state index in [1.165, 1.54) is 0 Å². The third-order valence-corrected chi connectivity index (χ3v) is 4.86. The Bertz CT molecular complexity index is 612. The van der Waals surface area contributed by atoms with E-state index >= 15 is 0 Å². The molecule has 20 heavy (non-hydrogen) atoms. The molecule has 0 saturated carbocycles. The summed E-state index contributed by atoms with van der Waals surface area (Å²) in [5.74, 6) is 0. The predicted octanol–water partition coefficient (Wildman–Crippen LogP) is 3.90. The third kappa shape index (κ3) is 3.39. The van der Waals surface area contributed by atoms with Gasteiger partial charge in [-0.15, -0.1) is 0 Å². The molecule has 2 aromatic rings. The van der Waals surface area contributed by atoms with E-state index in [0.717, 1.165) is 11.1 Å². The normalized spacial score (nSPS) is 13.3. The van der Waals surface area contributed by atoms with E-state index in [9.17, 15) is 8.42 Å².